The maximum atomic E-state index is 13.5. The lowest BCUT2D eigenvalue weighted by Crippen LogP contribution is -2.05. The Morgan fingerprint density at radius 2 is 1.60 bits per heavy atom. The third kappa shape index (κ3) is 3.04. The summed E-state index contributed by atoms with van der Waals surface area (Å²) < 4.78 is 69.3. The van der Waals surface area contributed by atoms with Gasteiger partial charge in [0, 0.05) is 6.20 Å². The number of rotatable bonds is 2. The van der Waals surface area contributed by atoms with E-state index in [1.807, 2.05) is 0 Å². The van der Waals surface area contributed by atoms with Crippen molar-refractivity contribution in [2.45, 2.75) is 13.1 Å². The number of benzene rings is 1. The zero-order valence-corrected chi connectivity index (χ0v) is 10.1. The smallest absolute Gasteiger partial charge is 0.418 e. The minimum atomic E-state index is -4.61. The Morgan fingerprint density at radius 3 is 2.15 bits per heavy atom. The number of hydrogen-bond donors (Lipinski definition) is 0. The van der Waals surface area contributed by atoms with E-state index < -0.39 is 34.9 Å². The predicted molar refractivity (Wildman–Crippen MR) is 60.4 cm³/mol. The van der Waals surface area contributed by atoms with Crippen molar-refractivity contribution in [2.75, 3.05) is 0 Å². The average molecular weight is 289 g/mol. The largest absolute Gasteiger partial charge is 0.450 e. The van der Waals surface area contributed by atoms with Crippen LogP contribution in [-0.2, 0) is 6.18 Å². The van der Waals surface area contributed by atoms with Crippen LogP contribution < -0.4 is 4.74 Å². The summed E-state index contributed by atoms with van der Waals surface area (Å²) in [6, 6.07) is 2.64. The van der Waals surface area contributed by atoms with Crippen LogP contribution in [-0.4, -0.2) is 4.98 Å². The van der Waals surface area contributed by atoms with Gasteiger partial charge < -0.3 is 4.74 Å². The molecule has 0 fully saturated rings. The number of ether oxygens (including phenoxy) is 1. The lowest BCUT2D eigenvalue weighted by atomic mass is 10.2. The van der Waals surface area contributed by atoms with Crippen molar-refractivity contribution in [2.24, 2.45) is 0 Å². The van der Waals surface area contributed by atoms with Gasteiger partial charge in [-0.2, -0.15) is 13.2 Å². The minimum absolute atomic E-state index is 0.328. The monoisotopic (exact) mass is 289 g/mol. The Kier molecular flexibility index (Phi) is 3.61. The number of alkyl halides is 3. The van der Waals surface area contributed by atoms with Gasteiger partial charge in [0.2, 0.25) is 0 Å². The molecule has 0 unspecified atom stereocenters. The zero-order valence-electron chi connectivity index (χ0n) is 10.1. The molecule has 0 aliphatic rings. The van der Waals surface area contributed by atoms with Crippen molar-refractivity contribution in [1.82, 2.24) is 4.98 Å². The molecule has 2 aromatic rings. The van der Waals surface area contributed by atoms with E-state index in [0.29, 0.717) is 17.8 Å². The Balaban J connectivity index is 2.36. The van der Waals surface area contributed by atoms with E-state index in [9.17, 15) is 22.0 Å². The van der Waals surface area contributed by atoms with Crippen molar-refractivity contribution in [3.05, 3.63) is 53.4 Å². The van der Waals surface area contributed by atoms with Gasteiger partial charge in [0.25, 0.3) is 0 Å². The van der Waals surface area contributed by atoms with Crippen LogP contribution in [0, 0.1) is 18.6 Å². The second-order valence-electron chi connectivity index (χ2n) is 4.07. The van der Waals surface area contributed by atoms with Crippen LogP contribution in [0.1, 0.15) is 11.1 Å². The number of halogens is 5. The number of nitrogens with zero attached hydrogens (tertiary/aromatic N) is 1. The highest BCUT2D eigenvalue weighted by atomic mass is 19.4. The van der Waals surface area contributed by atoms with Crippen LogP contribution in [0.25, 0.3) is 0 Å². The fraction of sp³-hybridized carbons (Fsp3) is 0.154. The van der Waals surface area contributed by atoms with Crippen molar-refractivity contribution in [1.29, 1.82) is 0 Å². The molecule has 0 aliphatic carbocycles. The van der Waals surface area contributed by atoms with Crippen LogP contribution in [0.5, 0.6) is 11.5 Å². The standard InChI is InChI=1S/C13H8F5NO/c1-7-2-10(14)12(11(15)3-7)20-9-4-8(5-19-6-9)13(16,17)18/h2-6H,1H3. The SMILES string of the molecule is Cc1cc(F)c(Oc2cncc(C(F)(F)F)c2)c(F)c1. The number of aromatic nitrogens is 1. The lowest BCUT2D eigenvalue weighted by Gasteiger charge is -2.10. The molecule has 0 bridgehead atoms. The topological polar surface area (TPSA) is 22.1 Å². The first-order valence-electron chi connectivity index (χ1n) is 5.43. The summed E-state index contributed by atoms with van der Waals surface area (Å²) in [4.78, 5) is 3.33. The molecule has 2 nitrogen and oxygen atoms in total. The first kappa shape index (κ1) is 14.2. The second-order valence-corrected chi connectivity index (χ2v) is 4.07. The molecule has 0 saturated carbocycles. The summed E-state index contributed by atoms with van der Waals surface area (Å²) >= 11 is 0. The van der Waals surface area contributed by atoms with E-state index in [1.165, 1.54) is 6.92 Å². The highest BCUT2D eigenvalue weighted by molar-refractivity contribution is 5.36. The molecule has 2 rings (SSSR count). The molecule has 1 aromatic heterocycles. The quantitative estimate of drug-likeness (QED) is 0.760. The van der Waals surface area contributed by atoms with Crippen LogP contribution in [0.2, 0.25) is 0 Å². The summed E-state index contributed by atoms with van der Waals surface area (Å²) in [5, 5.41) is 0. The molecule has 20 heavy (non-hydrogen) atoms. The first-order valence-corrected chi connectivity index (χ1v) is 5.43. The van der Waals surface area contributed by atoms with Gasteiger partial charge in [-0.05, 0) is 30.7 Å². The third-order valence-corrected chi connectivity index (χ3v) is 2.40. The lowest BCUT2D eigenvalue weighted by molar-refractivity contribution is -0.137. The Bertz CT molecular complexity index is 616. The molecule has 0 aliphatic heterocycles. The number of pyridine rings is 1. The van der Waals surface area contributed by atoms with E-state index in [-0.39, 0.29) is 0 Å². The van der Waals surface area contributed by atoms with Crippen molar-refractivity contribution in [3.8, 4) is 11.5 Å². The number of hydrogen-bond acceptors (Lipinski definition) is 2. The maximum absolute atomic E-state index is 13.5. The summed E-state index contributed by atoms with van der Waals surface area (Å²) in [5.74, 6) is -3.17. The van der Waals surface area contributed by atoms with Gasteiger partial charge >= 0.3 is 6.18 Å². The van der Waals surface area contributed by atoms with Crippen LogP contribution in [0.4, 0.5) is 22.0 Å². The minimum Gasteiger partial charge on any atom is -0.450 e. The maximum Gasteiger partial charge on any atom is 0.418 e. The average Bonchev–Trinajstić information content (AvgIpc) is 2.33. The fourth-order valence-electron chi connectivity index (χ4n) is 1.53. The van der Waals surface area contributed by atoms with Crippen LogP contribution in [0.15, 0.2) is 30.6 Å². The Labute approximate surface area is 110 Å². The second kappa shape index (κ2) is 5.07. The van der Waals surface area contributed by atoms with Gasteiger partial charge in [-0.3, -0.25) is 4.98 Å². The molecule has 0 N–H and O–H groups in total. The van der Waals surface area contributed by atoms with Gasteiger partial charge in [-0.25, -0.2) is 8.78 Å². The summed E-state index contributed by atoms with van der Waals surface area (Å²) in [6.45, 7) is 1.47. The van der Waals surface area contributed by atoms with E-state index in [1.54, 1.807) is 0 Å². The highest BCUT2D eigenvalue weighted by Gasteiger charge is 2.31. The van der Waals surface area contributed by atoms with E-state index in [2.05, 4.69) is 4.98 Å². The molecule has 7 heteroatoms. The van der Waals surface area contributed by atoms with Crippen LogP contribution in [0.3, 0.4) is 0 Å². The van der Waals surface area contributed by atoms with Gasteiger partial charge in [-0.15, -0.1) is 0 Å². The molecular formula is C13H8F5NO. The normalized spacial score (nSPS) is 11.5. The molecule has 1 aromatic carbocycles. The molecule has 0 radical (unpaired) electrons. The molecule has 1 heterocycles. The first-order chi connectivity index (χ1) is 9.27. The molecule has 0 atom stereocenters. The summed E-state index contributed by atoms with van der Waals surface area (Å²) in [5.41, 5.74) is -0.738. The van der Waals surface area contributed by atoms with E-state index >= 15 is 0 Å². The van der Waals surface area contributed by atoms with Gasteiger partial charge in [-0.1, -0.05) is 0 Å². The van der Waals surface area contributed by atoms with Gasteiger partial charge in [0.15, 0.2) is 17.4 Å². The molecule has 0 spiro atoms. The van der Waals surface area contributed by atoms with Crippen molar-refractivity contribution in [3.63, 3.8) is 0 Å². The molecule has 0 amide bonds. The highest BCUT2D eigenvalue weighted by Crippen LogP contribution is 2.33. The molecular weight excluding hydrogens is 281 g/mol. The number of aryl methyl sites for hydroxylation is 1. The fourth-order valence-corrected chi connectivity index (χ4v) is 1.53. The van der Waals surface area contributed by atoms with E-state index in [0.717, 1.165) is 18.3 Å². The molecule has 106 valence electrons. The zero-order chi connectivity index (χ0) is 14.9. The van der Waals surface area contributed by atoms with Gasteiger partial charge in [0.1, 0.15) is 5.75 Å². The van der Waals surface area contributed by atoms with Crippen molar-refractivity contribution >= 4 is 0 Å². The summed E-state index contributed by atoms with van der Waals surface area (Å²) in [7, 11) is 0. The van der Waals surface area contributed by atoms with E-state index in [4.69, 9.17) is 4.74 Å². The van der Waals surface area contributed by atoms with Crippen molar-refractivity contribution < 1.29 is 26.7 Å². The predicted octanol–water partition coefficient (Wildman–Crippen LogP) is 4.48. The molecule has 0 saturated heterocycles. The Morgan fingerprint density at radius 1 is 1.00 bits per heavy atom. The van der Waals surface area contributed by atoms with Gasteiger partial charge in [0.05, 0.1) is 11.8 Å². The summed E-state index contributed by atoms with van der Waals surface area (Å²) in [6.07, 6.45) is -3.08. The third-order valence-electron chi connectivity index (χ3n) is 2.40. The van der Waals surface area contributed by atoms with Crippen LogP contribution >= 0.6 is 0 Å². The Hall–Kier alpha value is -2.18.